The molecule has 0 atom stereocenters. The van der Waals surface area contributed by atoms with E-state index in [0.717, 1.165) is 62.5 Å². The molecule has 198 valence electrons. The van der Waals surface area contributed by atoms with E-state index in [0.29, 0.717) is 29.4 Å². The fourth-order valence-electron chi connectivity index (χ4n) is 5.64. The van der Waals surface area contributed by atoms with Gasteiger partial charge in [0.25, 0.3) is 0 Å². The molecule has 1 nitrogen and oxygen atoms in total. The zero-order valence-electron chi connectivity index (χ0n) is 22.2. The van der Waals surface area contributed by atoms with E-state index in [1.165, 1.54) is 18.4 Å². The van der Waals surface area contributed by atoms with Crippen LogP contribution < -0.4 is 4.74 Å². The first kappa shape index (κ1) is 27.3. The molecule has 0 saturated heterocycles. The van der Waals surface area contributed by atoms with Gasteiger partial charge in [-0.15, -0.1) is 0 Å². The van der Waals surface area contributed by atoms with Gasteiger partial charge in [0.15, 0.2) is 23.2 Å². The molecule has 0 N–H and O–H groups in total. The maximum atomic E-state index is 15.2. The van der Waals surface area contributed by atoms with Gasteiger partial charge in [-0.3, -0.25) is 0 Å². The van der Waals surface area contributed by atoms with Crippen molar-refractivity contribution < 1.29 is 17.9 Å². The molecule has 0 bridgehead atoms. The van der Waals surface area contributed by atoms with Crippen molar-refractivity contribution in [1.29, 1.82) is 0 Å². The second kappa shape index (κ2) is 13.2. The summed E-state index contributed by atoms with van der Waals surface area (Å²) in [5, 5.41) is 0. The third-order valence-corrected chi connectivity index (χ3v) is 7.87. The largest absolute Gasteiger partial charge is 0.491 e. The number of ether oxygens (including phenoxy) is 1. The van der Waals surface area contributed by atoms with Crippen LogP contribution in [0, 0.1) is 23.4 Å². The number of aryl methyl sites for hydroxylation is 2. The van der Waals surface area contributed by atoms with Gasteiger partial charge in [0, 0.05) is 5.56 Å². The Bertz CT molecular complexity index is 1150. The molecule has 37 heavy (non-hydrogen) atoms. The van der Waals surface area contributed by atoms with Crippen molar-refractivity contribution in [2.24, 2.45) is 5.92 Å². The van der Waals surface area contributed by atoms with Crippen LogP contribution in [0.25, 0.3) is 11.1 Å². The highest BCUT2D eigenvalue weighted by Crippen LogP contribution is 2.40. The Kier molecular flexibility index (Phi) is 9.71. The Morgan fingerprint density at radius 2 is 1.49 bits per heavy atom. The summed E-state index contributed by atoms with van der Waals surface area (Å²) in [5.74, 6) is -0.885. The van der Waals surface area contributed by atoms with E-state index in [1.807, 2.05) is 37.3 Å². The van der Waals surface area contributed by atoms with Gasteiger partial charge in [-0.05, 0) is 105 Å². The van der Waals surface area contributed by atoms with Crippen LogP contribution in [0.4, 0.5) is 13.2 Å². The molecular weight excluding hydrogens is 469 g/mol. The predicted octanol–water partition coefficient (Wildman–Crippen LogP) is 9.81. The van der Waals surface area contributed by atoms with Gasteiger partial charge in [-0.1, -0.05) is 62.2 Å². The lowest BCUT2D eigenvalue weighted by Gasteiger charge is -2.29. The van der Waals surface area contributed by atoms with Crippen LogP contribution in [-0.4, -0.2) is 6.61 Å². The van der Waals surface area contributed by atoms with Gasteiger partial charge in [0.05, 0.1) is 6.61 Å². The lowest BCUT2D eigenvalue weighted by atomic mass is 9.76. The van der Waals surface area contributed by atoms with Gasteiger partial charge in [-0.2, -0.15) is 0 Å². The maximum Gasteiger partial charge on any atom is 0.166 e. The van der Waals surface area contributed by atoms with Crippen molar-refractivity contribution in [3.63, 3.8) is 0 Å². The highest BCUT2D eigenvalue weighted by atomic mass is 19.2. The molecule has 0 radical (unpaired) electrons. The third kappa shape index (κ3) is 6.97. The molecule has 1 fully saturated rings. The van der Waals surface area contributed by atoms with Crippen LogP contribution in [0.1, 0.15) is 87.8 Å². The first-order valence-electron chi connectivity index (χ1n) is 14.0. The zero-order valence-corrected chi connectivity index (χ0v) is 22.2. The van der Waals surface area contributed by atoms with E-state index in [-0.39, 0.29) is 11.7 Å². The smallest absolute Gasteiger partial charge is 0.166 e. The molecule has 1 saturated carbocycles. The van der Waals surface area contributed by atoms with Crippen LogP contribution in [0.5, 0.6) is 5.75 Å². The number of unbranched alkanes of at least 4 members (excludes halogenated alkanes) is 2. The summed E-state index contributed by atoms with van der Waals surface area (Å²) in [4.78, 5) is 0. The summed E-state index contributed by atoms with van der Waals surface area (Å²) < 4.78 is 49.7. The Morgan fingerprint density at radius 3 is 2.16 bits per heavy atom. The van der Waals surface area contributed by atoms with E-state index in [9.17, 15) is 4.39 Å². The molecule has 0 unspecified atom stereocenters. The Labute approximate surface area is 220 Å². The van der Waals surface area contributed by atoms with Gasteiger partial charge in [-0.25, -0.2) is 13.2 Å². The Hall–Kier alpha value is -2.75. The summed E-state index contributed by atoms with van der Waals surface area (Å²) in [5.41, 5.74) is 3.76. The number of hydrogen-bond donors (Lipinski definition) is 0. The number of rotatable bonds is 11. The molecule has 0 aliphatic heterocycles. The molecule has 4 rings (SSSR count). The van der Waals surface area contributed by atoms with E-state index in [1.54, 1.807) is 24.3 Å². The first-order valence-corrected chi connectivity index (χ1v) is 14.0. The SMILES string of the molecule is CCCCCc1ccc(-c2ccc(C3CCC(CCc4ccc(OCC)c(F)c4)CC3)c(F)c2F)cc1. The Balaban J connectivity index is 1.33. The van der Waals surface area contributed by atoms with Crippen LogP contribution in [-0.2, 0) is 12.8 Å². The molecule has 0 spiro atoms. The van der Waals surface area contributed by atoms with Crippen molar-refractivity contribution in [3.8, 4) is 16.9 Å². The minimum Gasteiger partial charge on any atom is -0.491 e. The van der Waals surface area contributed by atoms with Crippen molar-refractivity contribution >= 4 is 0 Å². The molecular formula is C33H39F3O. The predicted molar refractivity (Wildman–Crippen MR) is 146 cm³/mol. The van der Waals surface area contributed by atoms with Crippen LogP contribution in [0.3, 0.4) is 0 Å². The molecule has 0 aromatic heterocycles. The van der Waals surface area contributed by atoms with Gasteiger partial charge >= 0.3 is 0 Å². The fraction of sp³-hybridized carbons (Fsp3) is 0.455. The number of hydrogen-bond acceptors (Lipinski definition) is 1. The molecule has 1 aliphatic carbocycles. The summed E-state index contributed by atoms with van der Waals surface area (Å²) in [6, 6.07) is 16.6. The topological polar surface area (TPSA) is 9.23 Å². The second-order valence-corrected chi connectivity index (χ2v) is 10.4. The van der Waals surface area contributed by atoms with Gasteiger partial charge in [0.1, 0.15) is 0 Å². The van der Waals surface area contributed by atoms with Crippen LogP contribution in [0.2, 0.25) is 0 Å². The third-order valence-electron chi connectivity index (χ3n) is 7.87. The molecule has 4 heteroatoms. The van der Waals surface area contributed by atoms with E-state index < -0.39 is 11.6 Å². The van der Waals surface area contributed by atoms with E-state index >= 15 is 8.78 Å². The summed E-state index contributed by atoms with van der Waals surface area (Å²) in [7, 11) is 0. The summed E-state index contributed by atoms with van der Waals surface area (Å²) >= 11 is 0. The highest BCUT2D eigenvalue weighted by Gasteiger charge is 2.26. The van der Waals surface area contributed by atoms with Crippen molar-refractivity contribution in [1.82, 2.24) is 0 Å². The number of benzene rings is 3. The second-order valence-electron chi connectivity index (χ2n) is 10.4. The van der Waals surface area contributed by atoms with Crippen molar-refractivity contribution in [3.05, 3.63) is 88.7 Å². The maximum absolute atomic E-state index is 15.2. The summed E-state index contributed by atoms with van der Waals surface area (Å²) in [6.45, 7) is 4.47. The van der Waals surface area contributed by atoms with Gasteiger partial charge in [0.2, 0.25) is 0 Å². The molecule has 0 amide bonds. The fourth-order valence-corrected chi connectivity index (χ4v) is 5.64. The van der Waals surface area contributed by atoms with Crippen molar-refractivity contribution in [2.45, 2.75) is 84.0 Å². The average Bonchev–Trinajstić information content (AvgIpc) is 2.91. The minimum absolute atomic E-state index is 0.0451. The molecule has 0 heterocycles. The Morgan fingerprint density at radius 1 is 0.757 bits per heavy atom. The van der Waals surface area contributed by atoms with E-state index in [2.05, 4.69) is 6.92 Å². The monoisotopic (exact) mass is 508 g/mol. The quantitative estimate of drug-likeness (QED) is 0.234. The molecule has 3 aromatic rings. The lowest BCUT2D eigenvalue weighted by Crippen LogP contribution is -2.15. The number of halogens is 3. The lowest BCUT2D eigenvalue weighted by molar-refractivity contribution is 0.304. The normalized spacial score (nSPS) is 17.6. The minimum atomic E-state index is -0.740. The molecule has 3 aromatic carbocycles. The molecule has 1 aliphatic rings. The van der Waals surface area contributed by atoms with Crippen LogP contribution in [0.15, 0.2) is 54.6 Å². The van der Waals surface area contributed by atoms with Crippen LogP contribution >= 0.6 is 0 Å². The average molecular weight is 509 g/mol. The highest BCUT2D eigenvalue weighted by molar-refractivity contribution is 5.65. The first-order chi connectivity index (χ1) is 18.0. The standard InChI is InChI=1S/C33H39F3O/c1-3-5-6-7-23-10-15-26(16-11-23)28-19-20-29(33(36)32(28)35)27-17-12-24(13-18-27)8-9-25-14-21-31(37-4-2)30(34)22-25/h10-11,14-16,19-22,24,27H,3-9,12-13,17-18H2,1-2H3. The van der Waals surface area contributed by atoms with E-state index in [4.69, 9.17) is 4.74 Å². The van der Waals surface area contributed by atoms with Crippen molar-refractivity contribution in [2.75, 3.05) is 6.61 Å². The zero-order chi connectivity index (χ0) is 26.2. The van der Waals surface area contributed by atoms with Gasteiger partial charge < -0.3 is 4.74 Å². The summed E-state index contributed by atoms with van der Waals surface area (Å²) in [6.07, 6.45) is 10.0.